The number of carbonyl (C=O) groups excluding carboxylic acids is 1. The van der Waals surface area contributed by atoms with Crippen LogP contribution in [0.4, 0.5) is 0 Å². The van der Waals surface area contributed by atoms with Crippen molar-refractivity contribution in [2.75, 3.05) is 13.2 Å². The van der Waals surface area contributed by atoms with Crippen molar-refractivity contribution in [3.8, 4) is 5.75 Å². The Morgan fingerprint density at radius 2 is 1.61 bits per heavy atom. The summed E-state index contributed by atoms with van der Waals surface area (Å²) >= 11 is 0. The van der Waals surface area contributed by atoms with E-state index >= 15 is 0 Å². The number of carbonyl (C=O) groups is 1. The maximum absolute atomic E-state index is 11.9. The van der Waals surface area contributed by atoms with Crippen LogP contribution in [0.1, 0.15) is 27.0 Å². The van der Waals surface area contributed by atoms with E-state index in [-0.39, 0.29) is 19.1 Å². The molecule has 0 aromatic heterocycles. The van der Waals surface area contributed by atoms with Gasteiger partial charge in [0.05, 0.1) is 6.61 Å². The molecule has 0 bridgehead atoms. The topological polar surface area (TPSA) is 58.6 Å². The molecule has 3 aromatic rings. The second-order valence-electron chi connectivity index (χ2n) is 6.25. The first-order valence-corrected chi connectivity index (χ1v) is 9.19. The highest BCUT2D eigenvalue weighted by Crippen LogP contribution is 2.22. The van der Waals surface area contributed by atoms with Gasteiger partial charge in [-0.25, -0.2) is 0 Å². The Labute approximate surface area is 165 Å². The van der Waals surface area contributed by atoms with Gasteiger partial charge >= 0.3 is 0 Å². The van der Waals surface area contributed by atoms with Gasteiger partial charge in [0.1, 0.15) is 12.4 Å². The maximum Gasteiger partial charge on any atom is 0.251 e. The molecule has 0 aliphatic heterocycles. The zero-order chi connectivity index (χ0) is 19.6. The molecule has 0 saturated heterocycles. The lowest BCUT2D eigenvalue weighted by atomic mass is 10.1. The number of para-hydroxylation sites is 1. The van der Waals surface area contributed by atoms with Crippen molar-refractivity contribution in [1.29, 1.82) is 0 Å². The van der Waals surface area contributed by atoms with Crippen molar-refractivity contribution in [1.82, 2.24) is 5.32 Å². The highest BCUT2D eigenvalue weighted by molar-refractivity contribution is 5.94. The molecule has 0 atom stereocenters. The molecule has 0 spiro atoms. The van der Waals surface area contributed by atoms with Gasteiger partial charge < -0.3 is 15.2 Å². The number of hydrogen-bond acceptors (Lipinski definition) is 3. The number of aliphatic hydroxyl groups excluding tert-OH is 1. The third-order valence-corrected chi connectivity index (χ3v) is 4.18. The average Bonchev–Trinajstić information content (AvgIpc) is 2.76. The maximum atomic E-state index is 11.9. The van der Waals surface area contributed by atoms with E-state index in [4.69, 9.17) is 9.84 Å². The molecule has 142 valence electrons. The van der Waals surface area contributed by atoms with E-state index in [0.29, 0.717) is 12.2 Å². The van der Waals surface area contributed by atoms with Crippen LogP contribution in [0.25, 0.3) is 12.2 Å². The molecule has 0 fully saturated rings. The van der Waals surface area contributed by atoms with Gasteiger partial charge in [-0.2, -0.15) is 0 Å². The minimum atomic E-state index is -0.191. The Morgan fingerprint density at radius 3 is 2.36 bits per heavy atom. The third kappa shape index (κ3) is 5.56. The van der Waals surface area contributed by atoms with E-state index in [1.807, 2.05) is 78.9 Å². The summed E-state index contributed by atoms with van der Waals surface area (Å²) in [6, 6.07) is 25.3. The Hall–Kier alpha value is -3.37. The van der Waals surface area contributed by atoms with E-state index < -0.39 is 0 Å². The van der Waals surface area contributed by atoms with Crippen molar-refractivity contribution in [3.63, 3.8) is 0 Å². The molecule has 0 aliphatic carbocycles. The summed E-state index contributed by atoms with van der Waals surface area (Å²) in [6.45, 7) is 0.696. The summed E-state index contributed by atoms with van der Waals surface area (Å²) in [5, 5.41) is 11.4. The first-order valence-electron chi connectivity index (χ1n) is 9.19. The number of amides is 1. The fourth-order valence-corrected chi connectivity index (χ4v) is 2.69. The van der Waals surface area contributed by atoms with Gasteiger partial charge in [0.25, 0.3) is 5.91 Å². The van der Waals surface area contributed by atoms with Crippen LogP contribution >= 0.6 is 0 Å². The smallest absolute Gasteiger partial charge is 0.251 e. The summed E-state index contributed by atoms with van der Waals surface area (Å²) in [5.74, 6) is 0.631. The van der Waals surface area contributed by atoms with E-state index in [1.54, 1.807) is 12.1 Å². The molecule has 0 unspecified atom stereocenters. The van der Waals surface area contributed by atoms with E-state index in [0.717, 1.165) is 22.4 Å². The van der Waals surface area contributed by atoms with Crippen LogP contribution in [0.5, 0.6) is 5.75 Å². The van der Waals surface area contributed by atoms with Crippen LogP contribution in [0.2, 0.25) is 0 Å². The molecule has 4 heteroatoms. The summed E-state index contributed by atoms with van der Waals surface area (Å²) in [4.78, 5) is 11.9. The molecule has 0 aliphatic rings. The lowest BCUT2D eigenvalue weighted by Gasteiger charge is -2.09. The Bertz CT molecular complexity index is 918. The van der Waals surface area contributed by atoms with Gasteiger partial charge in [-0.3, -0.25) is 4.79 Å². The first kappa shape index (κ1) is 19.4. The predicted octanol–water partition coefficient (Wildman–Crippen LogP) is 4.16. The van der Waals surface area contributed by atoms with E-state index in [2.05, 4.69) is 5.32 Å². The van der Waals surface area contributed by atoms with E-state index in [1.165, 1.54) is 0 Å². The molecule has 0 radical (unpaired) electrons. The van der Waals surface area contributed by atoms with Crippen molar-refractivity contribution in [2.24, 2.45) is 0 Å². The lowest BCUT2D eigenvalue weighted by molar-refractivity contribution is 0.0945. The van der Waals surface area contributed by atoms with Crippen molar-refractivity contribution in [2.45, 2.75) is 6.61 Å². The predicted molar refractivity (Wildman–Crippen MR) is 112 cm³/mol. The molecule has 3 aromatic carbocycles. The normalized spacial score (nSPS) is 10.8. The third-order valence-electron chi connectivity index (χ3n) is 4.18. The molecule has 0 saturated carbocycles. The van der Waals surface area contributed by atoms with Crippen molar-refractivity contribution >= 4 is 18.1 Å². The van der Waals surface area contributed by atoms with Gasteiger partial charge in [0, 0.05) is 17.7 Å². The Morgan fingerprint density at radius 1 is 0.893 bits per heavy atom. The quantitative estimate of drug-likeness (QED) is 0.583. The molecular formula is C24H23NO3. The van der Waals surface area contributed by atoms with Crippen LogP contribution < -0.4 is 10.1 Å². The highest BCUT2D eigenvalue weighted by Gasteiger charge is 2.04. The highest BCUT2D eigenvalue weighted by atomic mass is 16.5. The van der Waals surface area contributed by atoms with Crippen molar-refractivity contribution in [3.05, 3.63) is 101 Å². The van der Waals surface area contributed by atoms with Crippen LogP contribution in [0.3, 0.4) is 0 Å². The van der Waals surface area contributed by atoms with Crippen LogP contribution in [0.15, 0.2) is 78.9 Å². The minimum Gasteiger partial charge on any atom is -0.488 e. The van der Waals surface area contributed by atoms with Crippen LogP contribution in [-0.4, -0.2) is 24.2 Å². The van der Waals surface area contributed by atoms with Gasteiger partial charge in [-0.05, 0) is 29.3 Å². The average molecular weight is 373 g/mol. The Balaban J connectivity index is 1.66. The number of hydrogen-bond donors (Lipinski definition) is 2. The second kappa shape index (κ2) is 10.1. The van der Waals surface area contributed by atoms with Gasteiger partial charge in [-0.15, -0.1) is 0 Å². The van der Waals surface area contributed by atoms with Crippen molar-refractivity contribution < 1.29 is 14.6 Å². The van der Waals surface area contributed by atoms with Crippen LogP contribution in [-0.2, 0) is 6.61 Å². The van der Waals surface area contributed by atoms with Crippen LogP contribution in [0, 0.1) is 0 Å². The number of benzene rings is 3. The number of nitrogens with one attached hydrogen (secondary N) is 1. The fraction of sp³-hybridized carbons (Fsp3) is 0.125. The zero-order valence-corrected chi connectivity index (χ0v) is 15.5. The standard InChI is InChI=1S/C24H23NO3/c26-17-16-25-24(27)22-14-11-19(12-15-22)10-13-21-8-4-5-9-23(21)28-18-20-6-2-1-3-7-20/h1-15,26H,16-18H2,(H,25,27). The van der Waals surface area contributed by atoms with Gasteiger partial charge in [0.15, 0.2) is 0 Å². The van der Waals surface area contributed by atoms with E-state index in [9.17, 15) is 4.79 Å². The molecular weight excluding hydrogens is 350 g/mol. The summed E-state index contributed by atoms with van der Waals surface area (Å²) in [7, 11) is 0. The Kier molecular flexibility index (Phi) is 6.99. The van der Waals surface area contributed by atoms with Gasteiger partial charge in [-0.1, -0.05) is 72.8 Å². The molecule has 28 heavy (non-hydrogen) atoms. The summed E-state index contributed by atoms with van der Waals surface area (Å²) in [6.07, 6.45) is 3.99. The van der Waals surface area contributed by atoms with Gasteiger partial charge in [0.2, 0.25) is 0 Å². The summed E-state index contributed by atoms with van der Waals surface area (Å²) in [5.41, 5.74) is 3.66. The minimum absolute atomic E-state index is 0.0711. The molecule has 2 N–H and O–H groups in total. The second-order valence-corrected chi connectivity index (χ2v) is 6.25. The summed E-state index contributed by atoms with van der Waals surface area (Å²) < 4.78 is 5.98. The molecule has 1 amide bonds. The zero-order valence-electron chi connectivity index (χ0n) is 15.5. The monoisotopic (exact) mass is 373 g/mol. The molecule has 0 heterocycles. The number of aliphatic hydroxyl groups is 1. The lowest BCUT2D eigenvalue weighted by Crippen LogP contribution is -2.26. The number of rotatable bonds is 8. The first-order chi connectivity index (χ1) is 13.8. The molecule has 4 nitrogen and oxygen atoms in total. The largest absolute Gasteiger partial charge is 0.488 e. The fourth-order valence-electron chi connectivity index (χ4n) is 2.69. The SMILES string of the molecule is O=C(NCCO)c1ccc(C=Cc2ccccc2OCc2ccccc2)cc1. The molecule has 3 rings (SSSR count). The number of ether oxygens (including phenoxy) is 1.